The number of carbonyl (C=O) groups excluding carboxylic acids is 2. The van der Waals surface area contributed by atoms with Crippen LogP contribution in [0.5, 0.6) is 0 Å². The fourth-order valence-corrected chi connectivity index (χ4v) is 1.87. The molecule has 0 bridgehead atoms. The van der Waals surface area contributed by atoms with E-state index in [-0.39, 0.29) is 19.2 Å². The first kappa shape index (κ1) is 19.8. The van der Waals surface area contributed by atoms with Crippen molar-refractivity contribution in [1.82, 2.24) is 4.90 Å². The van der Waals surface area contributed by atoms with Gasteiger partial charge < -0.3 is 10.2 Å². The van der Waals surface area contributed by atoms with Crippen molar-refractivity contribution >= 4 is 17.5 Å². The summed E-state index contributed by atoms with van der Waals surface area (Å²) in [6.07, 6.45) is -10.1. The normalized spacial score (nSPS) is 12.0. The van der Waals surface area contributed by atoms with Crippen molar-refractivity contribution in [2.45, 2.75) is 26.2 Å². The van der Waals surface area contributed by atoms with Crippen molar-refractivity contribution in [2.24, 2.45) is 0 Å². The molecule has 134 valence electrons. The minimum absolute atomic E-state index is 0.0676. The highest BCUT2D eigenvalue weighted by atomic mass is 19.4. The molecule has 0 aromatic heterocycles. The molecule has 1 aromatic rings. The molecule has 2 amide bonds. The summed E-state index contributed by atoms with van der Waals surface area (Å²) in [5.41, 5.74) is -3.92. The zero-order chi connectivity index (χ0) is 18.7. The lowest BCUT2D eigenvalue weighted by atomic mass is 10.1. The van der Waals surface area contributed by atoms with E-state index in [0.29, 0.717) is 12.1 Å². The van der Waals surface area contributed by atoms with Gasteiger partial charge in [0.15, 0.2) is 0 Å². The third-order valence-corrected chi connectivity index (χ3v) is 3.09. The maximum Gasteiger partial charge on any atom is 0.416 e. The first-order chi connectivity index (χ1) is 10.9. The van der Waals surface area contributed by atoms with Crippen molar-refractivity contribution < 1.29 is 35.9 Å². The Balaban J connectivity index is 3.20. The first-order valence-corrected chi connectivity index (χ1v) is 6.79. The molecule has 4 nitrogen and oxygen atoms in total. The number of anilines is 1. The summed E-state index contributed by atoms with van der Waals surface area (Å²) in [5, 5.41) is 1.79. The molecule has 10 heteroatoms. The van der Waals surface area contributed by atoms with Crippen LogP contribution in [0.4, 0.5) is 32.0 Å². The highest BCUT2D eigenvalue weighted by molar-refractivity contribution is 6.39. The van der Waals surface area contributed by atoms with E-state index in [2.05, 4.69) is 0 Å². The van der Waals surface area contributed by atoms with Gasteiger partial charge >= 0.3 is 24.2 Å². The maximum atomic E-state index is 12.7. The Kier molecular flexibility index (Phi) is 5.85. The smallest absolute Gasteiger partial charge is 0.335 e. The Morgan fingerprint density at radius 1 is 0.917 bits per heavy atom. The van der Waals surface area contributed by atoms with Gasteiger partial charge in [0.2, 0.25) is 0 Å². The molecule has 0 aliphatic carbocycles. The molecule has 24 heavy (non-hydrogen) atoms. The minimum Gasteiger partial charge on any atom is -0.335 e. The molecule has 0 radical (unpaired) electrons. The second-order valence-electron chi connectivity index (χ2n) is 4.73. The van der Waals surface area contributed by atoms with E-state index in [4.69, 9.17) is 0 Å². The van der Waals surface area contributed by atoms with E-state index in [9.17, 15) is 35.9 Å². The molecule has 1 N–H and O–H groups in total. The summed E-state index contributed by atoms with van der Waals surface area (Å²) >= 11 is 0. The third kappa shape index (κ3) is 4.87. The van der Waals surface area contributed by atoms with Crippen molar-refractivity contribution in [3.63, 3.8) is 0 Å². The molecule has 1 rings (SSSR count). The molecule has 0 unspecified atom stereocenters. The van der Waals surface area contributed by atoms with E-state index < -0.39 is 41.0 Å². The van der Waals surface area contributed by atoms with E-state index in [1.165, 1.54) is 0 Å². The zero-order valence-corrected chi connectivity index (χ0v) is 12.7. The third-order valence-electron chi connectivity index (χ3n) is 3.09. The van der Waals surface area contributed by atoms with E-state index >= 15 is 0 Å². The first-order valence-electron chi connectivity index (χ1n) is 6.79. The number of hydrogen-bond acceptors (Lipinski definition) is 2. The molecule has 0 heterocycles. The van der Waals surface area contributed by atoms with Gasteiger partial charge in [0.25, 0.3) is 0 Å². The number of nitrogens with zero attached hydrogens (tertiary/aromatic N) is 1. The van der Waals surface area contributed by atoms with Gasteiger partial charge in [-0.3, -0.25) is 9.59 Å². The van der Waals surface area contributed by atoms with Gasteiger partial charge in [-0.15, -0.1) is 0 Å². The SMILES string of the molecule is CCN(CC)C(=O)C(=O)Nc1cc(C(F)(F)F)cc(C(F)(F)F)c1. The molecule has 0 atom stereocenters. The van der Waals surface area contributed by atoms with Crippen molar-refractivity contribution in [2.75, 3.05) is 18.4 Å². The second-order valence-corrected chi connectivity index (χ2v) is 4.73. The number of carbonyl (C=O) groups is 2. The molecule has 0 aliphatic heterocycles. The van der Waals surface area contributed by atoms with Gasteiger partial charge in [0, 0.05) is 18.8 Å². The van der Waals surface area contributed by atoms with Crippen molar-refractivity contribution in [1.29, 1.82) is 0 Å². The van der Waals surface area contributed by atoms with Gasteiger partial charge in [-0.2, -0.15) is 26.3 Å². The van der Waals surface area contributed by atoms with E-state index in [1.807, 2.05) is 0 Å². The van der Waals surface area contributed by atoms with Crippen LogP contribution in [0, 0.1) is 0 Å². The lowest BCUT2D eigenvalue weighted by Crippen LogP contribution is -2.39. The lowest BCUT2D eigenvalue weighted by molar-refractivity contribution is -0.143. The number of alkyl halides is 6. The molecule has 1 aromatic carbocycles. The molecule has 0 aliphatic rings. The van der Waals surface area contributed by atoms with Crippen LogP contribution in [-0.4, -0.2) is 29.8 Å². The molecule has 0 saturated heterocycles. The van der Waals surface area contributed by atoms with E-state index in [0.717, 1.165) is 4.90 Å². The van der Waals surface area contributed by atoms with Gasteiger partial charge in [-0.05, 0) is 32.0 Å². The predicted molar refractivity (Wildman–Crippen MR) is 73.0 cm³/mol. The Morgan fingerprint density at radius 2 is 1.33 bits per heavy atom. The number of hydrogen-bond donors (Lipinski definition) is 1. The number of halogens is 6. The molecule has 0 saturated carbocycles. The Morgan fingerprint density at radius 3 is 1.67 bits per heavy atom. The van der Waals surface area contributed by atoms with Gasteiger partial charge in [-0.1, -0.05) is 0 Å². The standard InChI is InChI=1S/C14H14F6N2O2/c1-3-22(4-2)12(24)11(23)21-10-6-8(13(15,16)17)5-9(7-10)14(18,19)20/h5-7H,3-4H2,1-2H3,(H,21,23). The zero-order valence-electron chi connectivity index (χ0n) is 12.7. The molecular weight excluding hydrogens is 342 g/mol. The number of benzene rings is 1. The number of amides is 2. The van der Waals surface area contributed by atoms with Crippen LogP contribution >= 0.6 is 0 Å². The van der Waals surface area contributed by atoms with Gasteiger partial charge in [0.05, 0.1) is 11.1 Å². The fourth-order valence-electron chi connectivity index (χ4n) is 1.87. The summed E-state index contributed by atoms with van der Waals surface area (Å²) in [7, 11) is 0. The largest absolute Gasteiger partial charge is 0.416 e. The van der Waals surface area contributed by atoms with Crippen LogP contribution in [0.1, 0.15) is 25.0 Å². The Hall–Kier alpha value is -2.26. The van der Waals surface area contributed by atoms with Crippen molar-refractivity contribution in [3.8, 4) is 0 Å². The van der Waals surface area contributed by atoms with Crippen molar-refractivity contribution in [3.05, 3.63) is 29.3 Å². The quantitative estimate of drug-likeness (QED) is 0.665. The average molecular weight is 356 g/mol. The van der Waals surface area contributed by atoms with Crippen LogP contribution in [0.3, 0.4) is 0 Å². The Bertz CT molecular complexity index is 588. The highest BCUT2D eigenvalue weighted by Crippen LogP contribution is 2.37. The maximum absolute atomic E-state index is 12.7. The van der Waals surface area contributed by atoms with Gasteiger partial charge in [0.1, 0.15) is 0 Å². The summed E-state index contributed by atoms with van der Waals surface area (Å²) in [5.74, 6) is -2.36. The number of likely N-dealkylation sites (N-methyl/N-ethyl adjacent to an activating group) is 1. The Labute approximate surface area is 133 Å². The van der Waals surface area contributed by atoms with E-state index in [1.54, 1.807) is 19.2 Å². The highest BCUT2D eigenvalue weighted by Gasteiger charge is 2.37. The van der Waals surface area contributed by atoms with Crippen LogP contribution < -0.4 is 5.32 Å². The topological polar surface area (TPSA) is 49.4 Å². The summed E-state index contributed by atoms with van der Waals surface area (Å²) in [6, 6.07) is 0.604. The number of rotatable bonds is 3. The van der Waals surface area contributed by atoms with Crippen LogP contribution in [-0.2, 0) is 21.9 Å². The molecule has 0 fully saturated rings. The van der Waals surface area contributed by atoms with Gasteiger partial charge in [-0.25, -0.2) is 0 Å². The summed E-state index contributed by atoms with van der Waals surface area (Å²) < 4.78 is 76.3. The molecular formula is C14H14F6N2O2. The molecule has 0 spiro atoms. The van der Waals surface area contributed by atoms with Crippen LogP contribution in [0.2, 0.25) is 0 Å². The predicted octanol–water partition coefficient (Wildman–Crippen LogP) is 3.53. The number of nitrogens with one attached hydrogen (secondary N) is 1. The lowest BCUT2D eigenvalue weighted by Gasteiger charge is -2.18. The second kappa shape index (κ2) is 7.10. The summed E-state index contributed by atoms with van der Waals surface area (Å²) in [6.45, 7) is 3.47. The fraction of sp³-hybridized carbons (Fsp3) is 0.429. The van der Waals surface area contributed by atoms with Crippen LogP contribution in [0.25, 0.3) is 0 Å². The monoisotopic (exact) mass is 356 g/mol. The van der Waals surface area contributed by atoms with Crippen LogP contribution in [0.15, 0.2) is 18.2 Å². The summed E-state index contributed by atoms with van der Waals surface area (Å²) in [4.78, 5) is 24.5. The average Bonchev–Trinajstić information content (AvgIpc) is 2.46. The minimum atomic E-state index is -5.04.